The van der Waals surface area contributed by atoms with Gasteiger partial charge in [-0.3, -0.25) is 4.79 Å². The van der Waals surface area contributed by atoms with Crippen LogP contribution in [0.25, 0.3) is 0 Å². The number of unbranched alkanes of at least 4 members (excludes halogenated alkanes) is 13. The van der Waals surface area contributed by atoms with Gasteiger partial charge in [-0.05, 0) is 40.1 Å². The molecule has 0 aromatic heterocycles. The van der Waals surface area contributed by atoms with E-state index in [0.29, 0.717) is 13.0 Å². The molecule has 0 aliphatic carbocycles. The SMILES string of the molecule is CCCCCCCCCCCCCCCCN1C(=O)CC(P(=S)(SSCCC)SSCCC)[S+]1[O-]. The van der Waals surface area contributed by atoms with Crippen molar-refractivity contribution in [3.8, 4) is 0 Å². The molecule has 208 valence electrons. The lowest BCUT2D eigenvalue weighted by molar-refractivity contribution is -0.125. The van der Waals surface area contributed by atoms with E-state index in [1.54, 1.807) is 25.1 Å². The van der Waals surface area contributed by atoms with E-state index in [-0.39, 0.29) is 10.9 Å². The van der Waals surface area contributed by atoms with E-state index in [2.05, 4.69) is 20.8 Å². The lowest BCUT2D eigenvalue weighted by Crippen LogP contribution is -2.32. The Morgan fingerprint density at radius 3 is 1.66 bits per heavy atom. The van der Waals surface area contributed by atoms with Gasteiger partial charge in [-0.15, -0.1) is 0 Å². The summed E-state index contributed by atoms with van der Waals surface area (Å²) < 4.78 is 13.0. The maximum absolute atomic E-state index is 13.3. The summed E-state index contributed by atoms with van der Waals surface area (Å²) in [6.45, 7) is 7.25. The molecule has 3 nitrogen and oxygen atoms in total. The molecule has 2 atom stereocenters. The predicted octanol–water partition coefficient (Wildman–Crippen LogP) is 10.6. The van der Waals surface area contributed by atoms with Crippen molar-refractivity contribution in [2.75, 3.05) is 18.1 Å². The fourth-order valence-electron chi connectivity index (χ4n) is 3.95. The number of carbonyl (C=O) groups is 1. The summed E-state index contributed by atoms with van der Waals surface area (Å²) in [5.74, 6) is 2.16. The zero-order valence-corrected chi connectivity index (χ0v) is 28.2. The molecule has 0 spiro atoms. The van der Waals surface area contributed by atoms with Crippen molar-refractivity contribution in [2.24, 2.45) is 0 Å². The first kappa shape index (κ1) is 34.9. The molecule has 10 heteroatoms. The predicted molar refractivity (Wildman–Crippen MR) is 174 cm³/mol. The van der Waals surface area contributed by atoms with Crippen molar-refractivity contribution < 1.29 is 9.35 Å². The van der Waals surface area contributed by atoms with Gasteiger partial charge >= 0.3 is 0 Å². The summed E-state index contributed by atoms with van der Waals surface area (Å²) in [7, 11) is 7.15. The minimum atomic E-state index is -2.00. The number of nitrogens with zero attached hydrogens (tertiary/aromatic N) is 1. The molecular formula is C25H50NO2PS6. The molecule has 0 saturated carbocycles. The van der Waals surface area contributed by atoms with E-state index < -0.39 is 15.8 Å². The Bertz CT molecular complexity index is 572. The maximum Gasteiger partial charge on any atom is 0.269 e. The van der Waals surface area contributed by atoms with Crippen LogP contribution < -0.4 is 0 Å². The first-order chi connectivity index (χ1) is 17.0. The van der Waals surface area contributed by atoms with E-state index in [1.807, 2.05) is 21.6 Å². The van der Waals surface area contributed by atoms with Crippen molar-refractivity contribution in [1.29, 1.82) is 0 Å². The van der Waals surface area contributed by atoms with Gasteiger partial charge in [-0.25, -0.2) is 0 Å². The fraction of sp³-hybridized carbons (Fsp3) is 0.960. The molecule has 0 aromatic rings. The zero-order valence-electron chi connectivity index (χ0n) is 22.4. The van der Waals surface area contributed by atoms with Crippen molar-refractivity contribution in [2.45, 2.75) is 135 Å². The highest BCUT2D eigenvalue weighted by molar-refractivity contribution is 9.28. The number of rotatable bonds is 24. The minimum Gasteiger partial charge on any atom is -0.592 e. The minimum absolute atomic E-state index is 0.0550. The van der Waals surface area contributed by atoms with Crippen molar-refractivity contribution in [3.05, 3.63) is 0 Å². The Balaban J connectivity index is 2.25. The Hall–Kier alpha value is 1.83. The van der Waals surface area contributed by atoms with Crippen LogP contribution in [0.15, 0.2) is 0 Å². The van der Waals surface area contributed by atoms with Gasteiger partial charge in [0.15, 0.2) is 4.99 Å². The summed E-state index contributed by atoms with van der Waals surface area (Å²) in [5, 5.41) is 0. The average molecular weight is 620 g/mol. The van der Waals surface area contributed by atoms with E-state index in [9.17, 15) is 9.35 Å². The zero-order chi connectivity index (χ0) is 25.8. The molecule has 1 aliphatic heterocycles. The van der Waals surface area contributed by atoms with Crippen LogP contribution in [0.1, 0.15) is 130 Å². The van der Waals surface area contributed by atoms with Gasteiger partial charge in [0.05, 0.1) is 24.3 Å². The fourth-order valence-corrected chi connectivity index (χ4v) is 28.5. The molecule has 0 N–H and O–H groups in total. The van der Waals surface area contributed by atoms with Crippen LogP contribution in [0.3, 0.4) is 0 Å². The van der Waals surface area contributed by atoms with Gasteiger partial charge in [0.25, 0.3) is 5.91 Å². The third-order valence-corrected chi connectivity index (χ3v) is 30.2. The van der Waals surface area contributed by atoms with Crippen LogP contribution in [0, 0.1) is 0 Å². The van der Waals surface area contributed by atoms with Crippen LogP contribution in [-0.2, 0) is 28.0 Å². The maximum atomic E-state index is 13.3. The molecule has 1 aliphatic rings. The largest absolute Gasteiger partial charge is 0.592 e. The van der Waals surface area contributed by atoms with Gasteiger partial charge in [0.2, 0.25) is 0 Å². The third-order valence-electron chi connectivity index (χ3n) is 6.03. The van der Waals surface area contributed by atoms with Gasteiger partial charge in [0.1, 0.15) is 4.44 Å². The third kappa shape index (κ3) is 15.3. The number of carbonyl (C=O) groups excluding carboxylic acids is 1. The molecule has 0 aromatic carbocycles. The highest BCUT2D eigenvalue weighted by atomic mass is 33.6. The molecule has 0 bridgehead atoms. The molecule has 1 rings (SSSR count). The molecule has 0 radical (unpaired) electrons. The lowest BCUT2D eigenvalue weighted by atomic mass is 10.0. The average Bonchev–Trinajstić information content (AvgIpc) is 3.13. The van der Waals surface area contributed by atoms with Gasteiger partial charge in [-0.1, -0.05) is 138 Å². The van der Waals surface area contributed by atoms with Crippen LogP contribution in [-0.4, -0.2) is 37.8 Å². The Morgan fingerprint density at radius 2 is 1.23 bits per heavy atom. The van der Waals surface area contributed by atoms with E-state index in [1.165, 1.54) is 77.0 Å². The molecule has 1 heterocycles. The van der Waals surface area contributed by atoms with Crippen molar-refractivity contribution in [1.82, 2.24) is 4.31 Å². The number of hydrogen-bond donors (Lipinski definition) is 0. The van der Waals surface area contributed by atoms with Crippen LogP contribution in [0.5, 0.6) is 0 Å². The molecule has 35 heavy (non-hydrogen) atoms. The lowest BCUT2D eigenvalue weighted by Gasteiger charge is -2.27. The summed E-state index contributed by atoms with van der Waals surface area (Å²) in [4.78, 5) is 12.6. The highest BCUT2D eigenvalue weighted by Gasteiger charge is 2.52. The van der Waals surface area contributed by atoms with Gasteiger partial charge < -0.3 is 4.55 Å². The summed E-state index contributed by atoms with van der Waals surface area (Å²) in [5.41, 5.74) is 0. The normalized spacial score (nSPS) is 18.6. The van der Waals surface area contributed by atoms with Gasteiger partial charge in [0, 0.05) is 11.5 Å². The monoisotopic (exact) mass is 619 g/mol. The summed E-state index contributed by atoms with van der Waals surface area (Å²) >= 11 is 4.87. The Labute approximate surface area is 241 Å². The first-order valence-electron chi connectivity index (χ1n) is 13.9. The summed E-state index contributed by atoms with van der Waals surface area (Å²) in [6, 6.07) is 0. The molecule has 1 saturated heterocycles. The Morgan fingerprint density at radius 1 is 0.800 bits per heavy atom. The second kappa shape index (κ2) is 22.6. The highest BCUT2D eigenvalue weighted by Crippen LogP contribution is 2.81. The van der Waals surface area contributed by atoms with E-state index in [0.717, 1.165) is 37.2 Å². The van der Waals surface area contributed by atoms with Crippen LogP contribution in [0.4, 0.5) is 0 Å². The summed E-state index contributed by atoms with van der Waals surface area (Å²) in [6.07, 6.45) is 21.0. The van der Waals surface area contributed by atoms with E-state index >= 15 is 0 Å². The van der Waals surface area contributed by atoms with Crippen molar-refractivity contribution in [3.63, 3.8) is 0 Å². The number of hydrogen-bond acceptors (Lipinski definition) is 7. The van der Waals surface area contributed by atoms with Crippen LogP contribution >= 0.6 is 46.9 Å². The molecule has 1 amide bonds. The smallest absolute Gasteiger partial charge is 0.269 e. The molecule has 2 unspecified atom stereocenters. The second-order valence-electron chi connectivity index (χ2n) is 9.36. The van der Waals surface area contributed by atoms with E-state index in [4.69, 9.17) is 11.8 Å². The van der Waals surface area contributed by atoms with Gasteiger partial charge in [-0.2, -0.15) is 4.31 Å². The second-order valence-corrected chi connectivity index (χ2v) is 26.8. The standard InChI is InChI=1S/C25H50NO2PS6/c1-4-7-8-9-10-11-12-13-14-15-16-17-18-19-20-26-24(27)23-25(35(26)28)29(30,33-31-21-5-2)34-32-22-6-3/h25H,4-23H2,1-3H3. The van der Waals surface area contributed by atoms with Crippen molar-refractivity contribution >= 4 is 75.9 Å². The topological polar surface area (TPSA) is 43.4 Å². The Kier molecular flexibility index (Phi) is 22.5. The number of amides is 1. The van der Waals surface area contributed by atoms with Crippen LogP contribution in [0.2, 0.25) is 0 Å². The molecular weight excluding hydrogens is 570 g/mol. The molecule has 1 fully saturated rings. The first-order valence-corrected chi connectivity index (χ1v) is 23.8. The quantitative estimate of drug-likeness (QED) is 0.0461.